The third-order valence-electron chi connectivity index (χ3n) is 2.71. The van der Waals surface area contributed by atoms with Crippen LogP contribution in [0.2, 0.25) is 0 Å². The first-order valence-electron chi connectivity index (χ1n) is 6.09. The van der Waals surface area contributed by atoms with Crippen molar-refractivity contribution in [2.45, 2.75) is 6.92 Å². The van der Waals surface area contributed by atoms with Crippen molar-refractivity contribution in [3.8, 4) is 0 Å². The van der Waals surface area contributed by atoms with Gasteiger partial charge in [-0.25, -0.2) is 0 Å². The number of nitrogens with zero attached hydrogens (tertiary/aromatic N) is 2. The van der Waals surface area contributed by atoms with Gasteiger partial charge in [0.25, 0.3) is 0 Å². The van der Waals surface area contributed by atoms with E-state index in [0.29, 0.717) is 0 Å². The van der Waals surface area contributed by atoms with Gasteiger partial charge >= 0.3 is 122 Å². The summed E-state index contributed by atoms with van der Waals surface area (Å²) in [4.78, 5) is 4.50. The molecule has 2 aromatic carbocycles. The zero-order chi connectivity index (χ0) is 12.8. The number of hydrogen-bond donors (Lipinski definition) is 0. The van der Waals surface area contributed by atoms with Crippen LogP contribution in [0.15, 0.2) is 59.6 Å². The number of aryl methyl sites for hydroxylation is 1. The fourth-order valence-corrected chi connectivity index (χ4v) is 6.46. The first-order chi connectivity index (χ1) is 8.74. The summed E-state index contributed by atoms with van der Waals surface area (Å²) in [6.07, 6.45) is 1.97. The first-order valence-corrected chi connectivity index (χ1v) is 11.3. The van der Waals surface area contributed by atoms with Crippen molar-refractivity contribution in [1.29, 1.82) is 0 Å². The summed E-state index contributed by atoms with van der Waals surface area (Å²) in [6, 6.07) is 19.0. The predicted molar refractivity (Wildman–Crippen MR) is 73.2 cm³/mol. The Morgan fingerprint density at radius 3 is 2.33 bits per heavy atom. The van der Waals surface area contributed by atoms with Gasteiger partial charge in [-0.3, -0.25) is 0 Å². The van der Waals surface area contributed by atoms with Crippen LogP contribution >= 0.6 is 0 Å². The Balaban J connectivity index is 1.95. The van der Waals surface area contributed by atoms with Crippen molar-refractivity contribution < 1.29 is 24.9 Å². The van der Waals surface area contributed by atoms with Crippen molar-refractivity contribution in [2.75, 3.05) is 7.05 Å². The molecular weight excluding hydrogens is 409 g/mol. The minimum atomic E-state index is -1.21. The fraction of sp³-hybridized carbons (Fsp3) is 0.133. The molecule has 88 valence electrons. The van der Waals surface area contributed by atoms with Gasteiger partial charge in [0, 0.05) is 0 Å². The van der Waals surface area contributed by atoms with Crippen LogP contribution in [-0.2, 0) is 24.9 Å². The van der Waals surface area contributed by atoms with Crippen molar-refractivity contribution in [3.63, 3.8) is 0 Å². The van der Waals surface area contributed by atoms with Crippen LogP contribution < -0.4 is 3.07 Å². The number of rotatable bonds is 4. The molecule has 0 saturated carbocycles. The van der Waals surface area contributed by atoms with Crippen molar-refractivity contribution in [1.82, 2.24) is 2.66 Å². The van der Waals surface area contributed by atoms with Crippen LogP contribution in [0.5, 0.6) is 0 Å². The Morgan fingerprint density at radius 1 is 1.00 bits per heavy atom. The standard InChI is InChI=1S/C9H11N2.C6H5.Hg/c1-8-3-5-9(6-4-8)11-7-10-2;1-2-4-6-5-3-1;/h3-7H,1-2H3;1-5H;/q-1;;+1. The maximum absolute atomic E-state index is 4.50. The normalized spacial score (nSPS) is 10.3. The molecule has 0 aliphatic rings. The summed E-state index contributed by atoms with van der Waals surface area (Å²) in [5, 5.41) is 0. The molecule has 0 N–H and O–H groups in total. The molecule has 2 rings (SSSR count). The molecular formula is C15H16HgN2. The van der Waals surface area contributed by atoms with E-state index in [1.54, 1.807) is 0 Å². The SMILES string of the molecule is Cc1ccc(N=C[N](C)[Hg][c]2ccccc2)cc1. The molecule has 0 aliphatic heterocycles. The molecule has 0 aromatic heterocycles. The average Bonchev–Trinajstić information content (AvgIpc) is 2.39. The molecule has 0 fully saturated rings. The molecule has 0 radical (unpaired) electrons. The predicted octanol–water partition coefficient (Wildman–Crippen LogP) is 2.91. The van der Waals surface area contributed by atoms with Gasteiger partial charge in [-0.05, 0) is 0 Å². The molecule has 18 heavy (non-hydrogen) atoms. The van der Waals surface area contributed by atoms with Gasteiger partial charge in [0.15, 0.2) is 0 Å². The Morgan fingerprint density at radius 2 is 1.67 bits per heavy atom. The Kier molecular flexibility index (Phi) is 4.94. The average molecular weight is 425 g/mol. The number of aliphatic imine (C=N–C) groups is 1. The first kappa shape index (κ1) is 13.3. The summed E-state index contributed by atoms with van der Waals surface area (Å²) in [5.74, 6) is 0. The van der Waals surface area contributed by atoms with E-state index in [2.05, 4.69) is 76.2 Å². The summed E-state index contributed by atoms with van der Waals surface area (Å²) in [6.45, 7) is 2.09. The molecule has 3 heteroatoms. The third kappa shape index (κ3) is 4.26. The van der Waals surface area contributed by atoms with Crippen molar-refractivity contribution in [2.24, 2.45) is 4.99 Å². The molecule has 0 amide bonds. The van der Waals surface area contributed by atoms with Gasteiger partial charge in [0.05, 0.1) is 0 Å². The van der Waals surface area contributed by atoms with E-state index in [0.717, 1.165) is 5.69 Å². The van der Waals surface area contributed by atoms with E-state index in [1.807, 2.05) is 6.34 Å². The van der Waals surface area contributed by atoms with Crippen LogP contribution in [0.1, 0.15) is 5.56 Å². The monoisotopic (exact) mass is 426 g/mol. The Hall–Kier alpha value is -1.15. The van der Waals surface area contributed by atoms with Crippen LogP contribution in [0.25, 0.3) is 0 Å². The number of benzene rings is 2. The molecule has 2 aromatic rings. The molecule has 0 spiro atoms. The quantitative estimate of drug-likeness (QED) is 0.418. The molecule has 0 unspecified atom stereocenters. The van der Waals surface area contributed by atoms with E-state index >= 15 is 0 Å². The zero-order valence-corrected chi connectivity index (χ0v) is 16.4. The van der Waals surface area contributed by atoms with Gasteiger partial charge in [0.1, 0.15) is 0 Å². The summed E-state index contributed by atoms with van der Waals surface area (Å²) in [5.41, 5.74) is 2.29. The van der Waals surface area contributed by atoms with Crippen LogP contribution in [0.3, 0.4) is 0 Å². The molecule has 0 heterocycles. The second-order valence-corrected chi connectivity index (χ2v) is 12.8. The van der Waals surface area contributed by atoms with Gasteiger partial charge in [-0.15, -0.1) is 0 Å². The van der Waals surface area contributed by atoms with E-state index < -0.39 is 24.9 Å². The van der Waals surface area contributed by atoms with E-state index in [4.69, 9.17) is 0 Å². The molecule has 0 atom stereocenters. The summed E-state index contributed by atoms with van der Waals surface area (Å²) in [7, 11) is 2.13. The molecule has 2 nitrogen and oxygen atoms in total. The molecule has 0 saturated heterocycles. The number of hydrogen-bond acceptors (Lipinski definition) is 1. The molecule has 0 bridgehead atoms. The van der Waals surface area contributed by atoms with Gasteiger partial charge in [0.2, 0.25) is 0 Å². The topological polar surface area (TPSA) is 15.6 Å². The van der Waals surface area contributed by atoms with Crippen LogP contribution in [-0.4, -0.2) is 16.1 Å². The minimum absolute atomic E-state index is 1.02. The summed E-state index contributed by atoms with van der Waals surface area (Å²) >= 11 is -1.21. The van der Waals surface area contributed by atoms with Crippen LogP contribution in [0.4, 0.5) is 5.69 Å². The van der Waals surface area contributed by atoms with Crippen molar-refractivity contribution in [3.05, 3.63) is 60.2 Å². The van der Waals surface area contributed by atoms with Crippen molar-refractivity contribution >= 4 is 15.1 Å². The van der Waals surface area contributed by atoms with Crippen LogP contribution in [0, 0.1) is 6.92 Å². The third-order valence-corrected chi connectivity index (χ3v) is 8.54. The van der Waals surface area contributed by atoms with Gasteiger partial charge in [-0.2, -0.15) is 0 Å². The fourth-order valence-electron chi connectivity index (χ4n) is 1.71. The van der Waals surface area contributed by atoms with E-state index in [1.165, 1.54) is 8.64 Å². The molecule has 0 aliphatic carbocycles. The summed E-state index contributed by atoms with van der Waals surface area (Å²) < 4.78 is 3.81. The second kappa shape index (κ2) is 6.69. The maximum atomic E-state index is 4.50. The van der Waals surface area contributed by atoms with E-state index in [-0.39, 0.29) is 0 Å². The Bertz CT molecular complexity index is 506. The van der Waals surface area contributed by atoms with Gasteiger partial charge in [-0.1, -0.05) is 0 Å². The second-order valence-electron chi connectivity index (χ2n) is 4.48. The zero-order valence-electron chi connectivity index (χ0n) is 10.9. The Labute approximate surface area is 121 Å². The van der Waals surface area contributed by atoms with Gasteiger partial charge < -0.3 is 0 Å². The van der Waals surface area contributed by atoms with E-state index in [9.17, 15) is 0 Å².